The first-order chi connectivity index (χ1) is 8.08. The molecular formula is C15H18O2. The summed E-state index contributed by atoms with van der Waals surface area (Å²) in [5, 5.41) is 0. The molecule has 0 saturated heterocycles. The Morgan fingerprint density at radius 1 is 1.12 bits per heavy atom. The van der Waals surface area contributed by atoms with Crippen molar-refractivity contribution in [3.63, 3.8) is 0 Å². The Balaban J connectivity index is 2.14. The van der Waals surface area contributed by atoms with E-state index >= 15 is 0 Å². The van der Waals surface area contributed by atoms with Gasteiger partial charge in [0.25, 0.3) is 0 Å². The van der Waals surface area contributed by atoms with E-state index in [0.29, 0.717) is 18.6 Å². The van der Waals surface area contributed by atoms with E-state index in [9.17, 15) is 9.59 Å². The highest BCUT2D eigenvalue weighted by molar-refractivity contribution is 5.99. The van der Waals surface area contributed by atoms with Gasteiger partial charge in [-0.3, -0.25) is 9.59 Å². The lowest BCUT2D eigenvalue weighted by Gasteiger charge is -2.19. The summed E-state index contributed by atoms with van der Waals surface area (Å²) in [5.41, 5.74) is 3.16. The molecule has 0 bridgehead atoms. The molecule has 0 spiro atoms. The van der Waals surface area contributed by atoms with Crippen LogP contribution in [0.15, 0.2) is 18.2 Å². The number of rotatable bonds is 2. The van der Waals surface area contributed by atoms with Gasteiger partial charge in [0.05, 0.1) is 0 Å². The van der Waals surface area contributed by atoms with E-state index < -0.39 is 0 Å². The fourth-order valence-corrected chi connectivity index (χ4v) is 2.33. The van der Waals surface area contributed by atoms with Crippen molar-refractivity contribution < 1.29 is 9.59 Å². The molecule has 90 valence electrons. The average molecular weight is 230 g/mol. The Labute approximate surface area is 102 Å². The zero-order chi connectivity index (χ0) is 12.4. The van der Waals surface area contributed by atoms with E-state index in [2.05, 4.69) is 0 Å². The number of carbonyl (C=O) groups is 2. The fraction of sp³-hybridized carbons (Fsp3) is 0.467. The number of hydrogen-bond donors (Lipinski definition) is 0. The second-order valence-electron chi connectivity index (χ2n) is 4.98. The molecule has 1 saturated carbocycles. The summed E-state index contributed by atoms with van der Waals surface area (Å²) in [7, 11) is 0. The Hall–Kier alpha value is -1.44. The van der Waals surface area contributed by atoms with E-state index in [1.54, 1.807) is 0 Å². The zero-order valence-corrected chi connectivity index (χ0v) is 10.5. The lowest BCUT2D eigenvalue weighted by atomic mass is 9.83. The van der Waals surface area contributed by atoms with Crippen LogP contribution in [0.3, 0.4) is 0 Å². The summed E-state index contributed by atoms with van der Waals surface area (Å²) in [6.07, 6.45) is 2.59. The summed E-state index contributed by atoms with van der Waals surface area (Å²) in [5.74, 6) is 0.560. The first kappa shape index (κ1) is 12.0. The van der Waals surface area contributed by atoms with Crippen molar-refractivity contribution in [1.29, 1.82) is 0 Å². The molecule has 1 aromatic carbocycles. The first-order valence-electron chi connectivity index (χ1n) is 6.21. The van der Waals surface area contributed by atoms with E-state index in [1.807, 2.05) is 32.0 Å². The van der Waals surface area contributed by atoms with Crippen molar-refractivity contribution in [3.8, 4) is 0 Å². The molecule has 0 aliphatic heterocycles. The van der Waals surface area contributed by atoms with E-state index in [1.165, 1.54) is 5.56 Å². The first-order valence-corrected chi connectivity index (χ1v) is 6.21. The van der Waals surface area contributed by atoms with Crippen molar-refractivity contribution in [2.24, 2.45) is 5.92 Å². The molecule has 1 aliphatic rings. The maximum absolute atomic E-state index is 12.3. The Morgan fingerprint density at radius 3 is 2.35 bits per heavy atom. The highest BCUT2D eigenvalue weighted by Crippen LogP contribution is 2.25. The highest BCUT2D eigenvalue weighted by atomic mass is 16.1. The van der Waals surface area contributed by atoms with Gasteiger partial charge in [-0.05, 0) is 43.9 Å². The van der Waals surface area contributed by atoms with Crippen LogP contribution < -0.4 is 0 Å². The van der Waals surface area contributed by atoms with Gasteiger partial charge in [0.1, 0.15) is 5.78 Å². The van der Waals surface area contributed by atoms with Crippen LogP contribution in [0.2, 0.25) is 0 Å². The van der Waals surface area contributed by atoms with Gasteiger partial charge in [-0.25, -0.2) is 0 Å². The van der Waals surface area contributed by atoms with Gasteiger partial charge in [0.15, 0.2) is 5.78 Å². The maximum atomic E-state index is 12.3. The molecule has 1 fully saturated rings. The molecule has 0 aromatic heterocycles. The second kappa shape index (κ2) is 4.82. The molecule has 2 rings (SSSR count). The molecule has 0 radical (unpaired) electrons. The van der Waals surface area contributed by atoms with Crippen molar-refractivity contribution in [2.75, 3.05) is 0 Å². The number of hydrogen-bond acceptors (Lipinski definition) is 2. The van der Waals surface area contributed by atoms with E-state index in [0.717, 1.165) is 24.0 Å². The van der Waals surface area contributed by atoms with Crippen LogP contribution >= 0.6 is 0 Å². The minimum Gasteiger partial charge on any atom is -0.300 e. The van der Waals surface area contributed by atoms with Crippen molar-refractivity contribution in [3.05, 3.63) is 34.9 Å². The largest absolute Gasteiger partial charge is 0.300 e. The van der Waals surface area contributed by atoms with Crippen LogP contribution in [0.25, 0.3) is 0 Å². The number of benzene rings is 1. The van der Waals surface area contributed by atoms with Crippen molar-refractivity contribution >= 4 is 11.6 Å². The van der Waals surface area contributed by atoms with Gasteiger partial charge in [-0.15, -0.1) is 0 Å². The SMILES string of the molecule is Cc1ccc(C(=O)C2CCC(=O)CC2)cc1C. The van der Waals surface area contributed by atoms with Gasteiger partial charge in [0, 0.05) is 24.3 Å². The summed E-state index contributed by atoms with van der Waals surface area (Å²) < 4.78 is 0. The van der Waals surface area contributed by atoms with Crippen molar-refractivity contribution in [2.45, 2.75) is 39.5 Å². The van der Waals surface area contributed by atoms with Crippen LogP contribution in [0.5, 0.6) is 0 Å². The molecule has 0 N–H and O–H groups in total. The third kappa shape index (κ3) is 2.63. The zero-order valence-electron chi connectivity index (χ0n) is 10.5. The number of aryl methyl sites for hydroxylation is 2. The van der Waals surface area contributed by atoms with Gasteiger partial charge in [-0.1, -0.05) is 12.1 Å². The molecule has 1 aromatic rings. The monoisotopic (exact) mass is 230 g/mol. The predicted molar refractivity (Wildman–Crippen MR) is 67.2 cm³/mol. The Bertz CT molecular complexity index is 450. The average Bonchev–Trinajstić information content (AvgIpc) is 2.33. The second-order valence-corrected chi connectivity index (χ2v) is 4.98. The normalized spacial score (nSPS) is 17.2. The van der Waals surface area contributed by atoms with Gasteiger partial charge in [-0.2, -0.15) is 0 Å². The molecule has 0 unspecified atom stereocenters. The maximum Gasteiger partial charge on any atom is 0.165 e. The Kier molecular flexibility index (Phi) is 3.41. The number of carbonyl (C=O) groups excluding carboxylic acids is 2. The molecular weight excluding hydrogens is 212 g/mol. The lowest BCUT2D eigenvalue weighted by molar-refractivity contribution is -0.120. The van der Waals surface area contributed by atoms with Gasteiger partial charge >= 0.3 is 0 Å². The number of Topliss-reactive ketones (excluding diaryl/α,β-unsaturated/α-hetero) is 2. The molecule has 0 amide bonds. The standard InChI is InChI=1S/C15H18O2/c1-10-3-4-13(9-11(10)2)15(17)12-5-7-14(16)8-6-12/h3-4,9,12H,5-8H2,1-2H3. The lowest BCUT2D eigenvalue weighted by Crippen LogP contribution is -2.21. The topological polar surface area (TPSA) is 34.1 Å². The molecule has 17 heavy (non-hydrogen) atoms. The summed E-state index contributed by atoms with van der Waals surface area (Å²) in [6, 6.07) is 5.87. The van der Waals surface area contributed by atoms with Crippen LogP contribution in [0.1, 0.15) is 47.2 Å². The number of ketones is 2. The molecule has 2 nitrogen and oxygen atoms in total. The molecule has 0 atom stereocenters. The minimum absolute atomic E-state index is 0.0507. The third-order valence-electron chi connectivity index (χ3n) is 3.71. The minimum atomic E-state index is 0.0507. The Morgan fingerprint density at radius 2 is 1.76 bits per heavy atom. The van der Waals surface area contributed by atoms with Crippen LogP contribution in [-0.4, -0.2) is 11.6 Å². The van der Waals surface area contributed by atoms with E-state index in [4.69, 9.17) is 0 Å². The van der Waals surface area contributed by atoms with Crippen molar-refractivity contribution in [1.82, 2.24) is 0 Å². The van der Waals surface area contributed by atoms with Crippen LogP contribution in [-0.2, 0) is 4.79 Å². The molecule has 2 heteroatoms. The molecule has 0 heterocycles. The molecule has 1 aliphatic carbocycles. The highest BCUT2D eigenvalue weighted by Gasteiger charge is 2.25. The van der Waals surface area contributed by atoms with Gasteiger partial charge < -0.3 is 0 Å². The summed E-state index contributed by atoms with van der Waals surface area (Å²) in [6.45, 7) is 4.07. The third-order valence-corrected chi connectivity index (χ3v) is 3.71. The van der Waals surface area contributed by atoms with E-state index in [-0.39, 0.29) is 11.7 Å². The fourth-order valence-electron chi connectivity index (χ4n) is 2.33. The smallest absolute Gasteiger partial charge is 0.165 e. The summed E-state index contributed by atoms with van der Waals surface area (Å²) >= 11 is 0. The van der Waals surface area contributed by atoms with Crippen LogP contribution in [0.4, 0.5) is 0 Å². The predicted octanol–water partition coefficient (Wildman–Crippen LogP) is 3.25. The van der Waals surface area contributed by atoms with Crippen LogP contribution in [0, 0.1) is 19.8 Å². The van der Waals surface area contributed by atoms with Gasteiger partial charge in [0.2, 0.25) is 0 Å². The summed E-state index contributed by atoms with van der Waals surface area (Å²) in [4.78, 5) is 23.4. The quantitative estimate of drug-likeness (QED) is 0.731.